The zero-order valence-electron chi connectivity index (χ0n) is 13.5. The predicted molar refractivity (Wildman–Crippen MR) is 100 cm³/mol. The number of hydrogen-bond donors (Lipinski definition) is 0. The minimum absolute atomic E-state index is 0.00806. The third kappa shape index (κ3) is 4.20. The smallest absolute Gasteiger partial charge is 0.207 e. The van der Waals surface area contributed by atoms with E-state index in [2.05, 4.69) is 0 Å². The summed E-state index contributed by atoms with van der Waals surface area (Å²) >= 11 is 1.17. The molecule has 0 radical (unpaired) electrons. The molecule has 0 unspecified atom stereocenters. The van der Waals surface area contributed by atoms with Crippen molar-refractivity contribution in [3.05, 3.63) is 101 Å². The molecule has 0 aliphatic carbocycles. The molecule has 0 saturated heterocycles. The van der Waals surface area contributed by atoms with Gasteiger partial charge in [-0.25, -0.2) is 17.2 Å². The summed E-state index contributed by atoms with van der Waals surface area (Å²) in [5.41, 5.74) is 0.520. The molecule has 0 N–H and O–H groups in total. The highest BCUT2D eigenvalue weighted by Gasteiger charge is 2.22. The second kappa shape index (κ2) is 7.85. The molecular formula is C20H14F2O2S2. The number of hydrogen-bond acceptors (Lipinski definition) is 3. The molecule has 132 valence electrons. The van der Waals surface area contributed by atoms with E-state index in [0.717, 1.165) is 12.1 Å². The Bertz CT molecular complexity index is 1010. The Balaban J connectivity index is 2.04. The zero-order chi connectivity index (χ0) is 18.6. The van der Waals surface area contributed by atoms with Crippen molar-refractivity contribution >= 4 is 26.5 Å². The van der Waals surface area contributed by atoms with Crippen molar-refractivity contribution in [1.29, 1.82) is 0 Å². The van der Waals surface area contributed by atoms with E-state index in [-0.39, 0.29) is 15.6 Å². The Morgan fingerprint density at radius 2 is 1.31 bits per heavy atom. The van der Waals surface area contributed by atoms with Crippen LogP contribution in [-0.2, 0) is 9.84 Å². The van der Waals surface area contributed by atoms with E-state index in [1.54, 1.807) is 42.5 Å². The molecule has 26 heavy (non-hydrogen) atoms. The van der Waals surface area contributed by atoms with Crippen molar-refractivity contribution in [2.45, 2.75) is 9.79 Å². The molecule has 0 bridgehead atoms. The van der Waals surface area contributed by atoms with Gasteiger partial charge in [-0.3, -0.25) is 0 Å². The highest BCUT2D eigenvalue weighted by atomic mass is 32.2. The molecule has 0 aliphatic heterocycles. The Labute approximate surface area is 155 Å². The van der Waals surface area contributed by atoms with E-state index in [4.69, 9.17) is 0 Å². The normalized spacial score (nSPS) is 12.2. The second-order valence-corrected chi connectivity index (χ2v) is 8.24. The summed E-state index contributed by atoms with van der Waals surface area (Å²) in [6.07, 6.45) is 0. The first kappa shape index (κ1) is 18.4. The highest BCUT2D eigenvalue weighted by Crippen LogP contribution is 2.32. The second-order valence-electron chi connectivity index (χ2n) is 5.38. The van der Waals surface area contributed by atoms with E-state index in [0.29, 0.717) is 10.5 Å². The van der Waals surface area contributed by atoms with Crippen LogP contribution in [0.15, 0.2) is 94.1 Å². The van der Waals surface area contributed by atoms with Crippen LogP contribution in [0, 0.1) is 11.6 Å². The van der Waals surface area contributed by atoms with Gasteiger partial charge in [0.25, 0.3) is 0 Å². The van der Waals surface area contributed by atoms with Crippen LogP contribution in [-0.4, -0.2) is 8.42 Å². The molecule has 0 saturated carbocycles. The topological polar surface area (TPSA) is 34.1 Å². The molecule has 0 fully saturated rings. The Hall–Kier alpha value is -2.44. The summed E-state index contributed by atoms with van der Waals surface area (Å²) in [6.45, 7) is 0. The van der Waals surface area contributed by atoms with E-state index in [1.807, 2.05) is 0 Å². The van der Waals surface area contributed by atoms with Crippen molar-refractivity contribution in [3.8, 4) is 0 Å². The van der Waals surface area contributed by atoms with Crippen LogP contribution >= 0.6 is 11.8 Å². The molecule has 3 rings (SSSR count). The Kier molecular flexibility index (Phi) is 5.54. The first-order valence-electron chi connectivity index (χ1n) is 7.65. The van der Waals surface area contributed by atoms with Crippen LogP contribution in [0.3, 0.4) is 0 Å². The quantitative estimate of drug-likeness (QED) is 0.426. The van der Waals surface area contributed by atoms with Gasteiger partial charge in [-0.2, -0.15) is 0 Å². The van der Waals surface area contributed by atoms with Crippen molar-refractivity contribution in [3.63, 3.8) is 0 Å². The number of halogens is 2. The van der Waals surface area contributed by atoms with Crippen LogP contribution in [0.1, 0.15) is 5.56 Å². The fourth-order valence-corrected chi connectivity index (χ4v) is 4.78. The fraction of sp³-hybridized carbons (Fsp3) is 0. The summed E-state index contributed by atoms with van der Waals surface area (Å²) in [7, 11) is -3.85. The van der Waals surface area contributed by atoms with Gasteiger partial charge < -0.3 is 0 Å². The van der Waals surface area contributed by atoms with E-state index in [1.165, 1.54) is 41.4 Å². The van der Waals surface area contributed by atoms with Crippen molar-refractivity contribution in [2.75, 3.05) is 0 Å². The molecule has 2 nitrogen and oxygen atoms in total. The number of benzene rings is 3. The third-order valence-electron chi connectivity index (χ3n) is 3.59. The third-order valence-corrected chi connectivity index (χ3v) is 6.46. The van der Waals surface area contributed by atoms with Crippen LogP contribution in [0.2, 0.25) is 0 Å². The van der Waals surface area contributed by atoms with Crippen molar-refractivity contribution in [1.82, 2.24) is 0 Å². The summed E-state index contributed by atoms with van der Waals surface area (Å²) in [4.78, 5) is 0.807. The van der Waals surface area contributed by atoms with Crippen LogP contribution in [0.5, 0.6) is 0 Å². The van der Waals surface area contributed by atoms with Crippen molar-refractivity contribution < 1.29 is 17.2 Å². The highest BCUT2D eigenvalue weighted by molar-refractivity contribution is 8.05. The Morgan fingerprint density at radius 1 is 0.769 bits per heavy atom. The van der Waals surface area contributed by atoms with E-state index < -0.39 is 15.7 Å². The minimum Gasteiger partial charge on any atom is -0.218 e. The van der Waals surface area contributed by atoms with Crippen molar-refractivity contribution in [2.24, 2.45) is 0 Å². The standard InChI is InChI=1S/C20H14F2O2S2/c21-16-6-10-18(11-7-16)25-14-20(15-4-2-1-3-5-15)26(23,24)19-12-8-17(22)9-13-19/h1-14H/b20-14+. The molecule has 0 spiro atoms. The lowest BCUT2D eigenvalue weighted by molar-refractivity contribution is 0.604. The molecule has 3 aromatic rings. The summed E-state index contributed by atoms with van der Waals surface area (Å²) in [5.74, 6) is -0.865. The zero-order valence-corrected chi connectivity index (χ0v) is 15.1. The summed E-state index contributed by atoms with van der Waals surface area (Å²) < 4.78 is 52.3. The van der Waals surface area contributed by atoms with Crippen LogP contribution in [0.25, 0.3) is 4.91 Å². The van der Waals surface area contributed by atoms with Gasteiger partial charge in [0, 0.05) is 4.90 Å². The molecule has 3 aromatic carbocycles. The molecule has 0 heterocycles. The van der Waals surface area contributed by atoms with Gasteiger partial charge in [-0.05, 0) is 59.5 Å². The first-order valence-corrected chi connectivity index (χ1v) is 10.0. The van der Waals surface area contributed by atoms with Crippen LogP contribution < -0.4 is 0 Å². The average Bonchev–Trinajstić information content (AvgIpc) is 2.64. The Morgan fingerprint density at radius 3 is 1.88 bits per heavy atom. The van der Waals surface area contributed by atoms with E-state index in [9.17, 15) is 17.2 Å². The average molecular weight is 388 g/mol. The van der Waals surface area contributed by atoms with Gasteiger partial charge >= 0.3 is 0 Å². The van der Waals surface area contributed by atoms with Gasteiger partial charge in [0.05, 0.1) is 9.80 Å². The van der Waals surface area contributed by atoms with Gasteiger partial charge in [-0.15, -0.1) is 0 Å². The summed E-state index contributed by atoms with van der Waals surface area (Å²) in [6, 6.07) is 19.1. The van der Waals surface area contributed by atoms with Gasteiger partial charge in [0.2, 0.25) is 9.84 Å². The monoisotopic (exact) mass is 388 g/mol. The summed E-state index contributed by atoms with van der Waals surface area (Å²) in [5, 5.41) is 1.52. The predicted octanol–water partition coefficient (Wildman–Crippen LogP) is 5.53. The largest absolute Gasteiger partial charge is 0.218 e. The van der Waals surface area contributed by atoms with E-state index >= 15 is 0 Å². The molecular weight excluding hydrogens is 374 g/mol. The number of rotatable bonds is 5. The fourth-order valence-electron chi connectivity index (χ4n) is 2.26. The lowest BCUT2D eigenvalue weighted by atomic mass is 10.2. The molecule has 6 heteroatoms. The molecule has 0 atom stereocenters. The maximum absolute atomic E-state index is 13.2. The molecule has 0 amide bonds. The minimum atomic E-state index is -3.85. The van der Waals surface area contributed by atoms with Gasteiger partial charge in [-0.1, -0.05) is 42.1 Å². The SMILES string of the molecule is O=S(=O)(/C(=C/Sc1ccc(F)cc1)c1ccccc1)c1ccc(F)cc1. The maximum Gasteiger partial charge on any atom is 0.207 e. The lowest BCUT2D eigenvalue weighted by Crippen LogP contribution is -2.04. The van der Waals surface area contributed by atoms with Gasteiger partial charge in [0.1, 0.15) is 11.6 Å². The molecule has 0 aromatic heterocycles. The maximum atomic E-state index is 13.2. The van der Waals surface area contributed by atoms with Gasteiger partial charge in [0.15, 0.2) is 0 Å². The lowest BCUT2D eigenvalue weighted by Gasteiger charge is -2.10. The van der Waals surface area contributed by atoms with Crippen LogP contribution in [0.4, 0.5) is 8.78 Å². The number of thioether (sulfide) groups is 1. The number of sulfone groups is 1. The first-order chi connectivity index (χ1) is 12.5. The molecule has 0 aliphatic rings.